The second kappa shape index (κ2) is 8.14. The molecule has 0 spiro atoms. The molecule has 1 N–H and O–H groups in total. The average molecular weight is 371 g/mol. The lowest BCUT2D eigenvalue weighted by Gasteiger charge is -2.07. The number of H-pyrrole nitrogens is 1. The zero-order valence-electron chi connectivity index (χ0n) is 14.4. The van der Waals surface area contributed by atoms with E-state index in [1.54, 1.807) is 6.92 Å². The van der Waals surface area contributed by atoms with Gasteiger partial charge in [0, 0.05) is 5.56 Å². The summed E-state index contributed by atoms with van der Waals surface area (Å²) >= 11 is 1.24. The lowest BCUT2D eigenvalue weighted by molar-refractivity contribution is 0.0994. The van der Waals surface area contributed by atoms with E-state index in [4.69, 9.17) is 4.74 Å². The highest BCUT2D eigenvalue weighted by Crippen LogP contribution is 2.23. The molecule has 0 radical (unpaired) electrons. The SMILES string of the molecule is Cc1ccccc1OCc1nc(S[C@H](C)C(=O)c2ccc(F)cc2)n[nH]1. The quantitative estimate of drug-likeness (QED) is 0.498. The highest BCUT2D eigenvalue weighted by atomic mass is 32.2. The van der Waals surface area contributed by atoms with Crippen LogP contribution in [0.25, 0.3) is 0 Å². The summed E-state index contributed by atoms with van der Waals surface area (Å²) in [5, 5.41) is 7.02. The normalized spacial score (nSPS) is 12.0. The van der Waals surface area contributed by atoms with Crippen molar-refractivity contribution in [2.45, 2.75) is 30.9 Å². The summed E-state index contributed by atoms with van der Waals surface area (Å²) < 4.78 is 18.7. The van der Waals surface area contributed by atoms with Gasteiger partial charge in [-0.3, -0.25) is 9.89 Å². The van der Waals surface area contributed by atoms with Gasteiger partial charge in [-0.15, -0.1) is 5.10 Å². The Morgan fingerprint density at radius 2 is 1.96 bits per heavy atom. The molecule has 2 aromatic carbocycles. The maximum Gasteiger partial charge on any atom is 0.209 e. The van der Waals surface area contributed by atoms with Crippen molar-refractivity contribution in [3.8, 4) is 5.75 Å². The molecule has 0 aliphatic carbocycles. The molecule has 0 aliphatic heterocycles. The number of nitrogens with zero attached hydrogens (tertiary/aromatic N) is 2. The fraction of sp³-hybridized carbons (Fsp3) is 0.211. The molecular weight excluding hydrogens is 353 g/mol. The van der Waals surface area contributed by atoms with Crippen molar-refractivity contribution in [3.05, 3.63) is 71.3 Å². The Bertz CT molecular complexity index is 896. The van der Waals surface area contributed by atoms with E-state index in [1.807, 2.05) is 31.2 Å². The largest absolute Gasteiger partial charge is 0.485 e. The van der Waals surface area contributed by atoms with Crippen molar-refractivity contribution in [2.75, 3.05) is 0 Å². The molecule has 0 bridgehead atoms. The first-order valence-electron chi connectivity index (χ1n) is 8.09. The van der Waals surface area contributed by atoms with E-state index in [9.17, 15) is 9.18 Å². The number of nitrogens with one attached hydrogen (secondary N) is 1. The smallest absolute Gasteiger partial charge is 0.209 e. The number of aromatic nitrogens is 3. The highest BCUT2D eigenvalue weighted by molar-refractivity contribution is 8.00. The molecule has 0 saturated heterocycles. The Morgan fingerprint density at radius 3 is 2.69 bits per heavy atom. The van der Waals surface area contributed by atoms with Crippen LogP contribution in [0.15, 0.2) is 53.7 Å². The van der Waals surface area contributed by atoms with Crippen molar-refractivity contribution >= 4 is 17.5 Å². The van der Waals surface area contributed by atoms with Gasteiger partial charge in [0.15, 0.2) is 11.6 Å². The number of thioether (sulfide) groups is 1. The maximum absolute atomic E-state index is 13.0. The molecule has 0 aliphatic rings. The predicted octanol–water partition coefficient (Wildman–Crippen LogP) is 4.19. The van der Waals surface area contributed by atoms with Crippen LogP contribution >= 0.6 is 11.8 Å². The van der Waals surface area contributed by atoms with Crippen molar-refractivity contribution in [3.63, 3.8) is 0 Å². The highest BCUT2D eigenvalue weighted by Gasteiger charge is 2.19. The molecule has 3 aromatic rings. The minimum atomic E-state index is -0.388. The van der Waals surface area contributed by atoms with Crippen LogP contribution in [0.3, 0.4) is 0 Å². The van der Waals surface area contributed by atoms with Gasteiger partial charge in [0.2, 0.25) is 5.16 Å². The molecule has 134 valence electrons. The fourth-order valence-corrected chi connectivity index (χ4v) is 3.14. The molecule has 1 atom stereocenters. The number of ketones is 1. The molecule has 5 nitrogen and oxygen atoms in total. The number of carbonyl (C=O) groups is 1. The first-order chi connectivity index (χ1) is 12.5. The molecule has 0 unspecified atom stereocenters. The summed E-state index contributed by atoms with van der Waals surface area (Å²) in [4.78, 5) is 16.7. The summed E-state index contributed by atoms with van der Waals surface area (Å²) in [5.41, 5.74) is 1.50. The van der Waals surface area contributed by atoms with Crippen LogP contribution in [0.5, 0.6) is 5.75 Å². The topological polar surface area (TPSA) is 67.9 Å². The third kappa shape index (κ3) is 4.49. The lowest BCUT2D eigenvalue weighted by atomic mass is 10.1. The molecule has 1 heterocycles. The Hall–Kier alpha value is -2.67. The number of hydrogen-bond acceptors (Lipinski definition) is 5. The van der Waals surface area contributed by atoms with Crippen molar-refractivity contribution in [1.29, 1.82) is 0 Å². The van der Waals surface area contributed by atoms with Crippen LogP contribution in [0.4, 0.5) is 4.39 Å². The number of para-hydroxylation sites is 1. The van der Waals surface area contributed by atoms with E-state index in [1.165, 1.54) is 36.0 Å². The monoisotopic (exact) mass is 371 g/mol. The van der Waals surface area contributed by atoms with Gasteiger partial charge in [0.05, 0.1) is 5.25 Å². The number of rotatable bonds is 7. The van der Waals surface area contributed by atoms with Gasteiger partial charge in [0.1, 0.15) is 18.2 Å². The molecule has 0 amide bonds. The Kier molecular flexibility index (Phi) is 5.68. The summed E-state index contributed by atoms with van der Waals surface area (Å²) in [5.74, 6) is 0.904. The average Bonchev–Trinajstić information content (AvgIpc) is 3.08. The van der Waals surface area contributed by atoms with Crippen molar-refractivity contribution < 1.29 is 13.9 Å². The Labute approximate surface area is 155 Å². The number of benzene rings is 2. The Balaban J connectivity index is 1.58. The number of Topliss-reactive ketones (excluding diaryl/α,β-unsaturated/α-hetero) is 1. The predicted molar refractivity (Wildman–Crippen MR) is 97.9 cm³/mol. The Morgan fingerprint density at radius 1 is 1.23 bits per heavy atom. The molecule has 0 fully saturated rings. The van der Waals surface area contributed by atoms with E-state index >= 15 is 0 Å². The second-order valence-corrected chi connectivity index (χ2v) is 7.06. The number of aryl methyl sites for hydroxylation is 1. The van der Waals surface area contributed by atoms with Crippen molar-refractivity contribution in [1.82, 2.24) is 15.2 Å². The number of aromatic amines is 1. The van der Waals surface area contributed by atoms with E-state index in [-0.39, 0.29) is 23.5 Å². The molecule has 3 rings (SSSR count). The van der Waals surface area contributed by atoms with Gasteiger partial charge in [-0.05, 0) is 49.7 Å². The molecule has 26 heavy (non-hydrogen) atoms. The minimum Gasteiger partial charge on any atom is -0.485 e. The van der Waals surface area contributed by atoms with Gasteiger partial charge in [-0.2, -0.15) is 0 Å². The number of carbonyl (C=O) groups excluding carboxylic acids is 1. The standard InChI is InChI=1S/C19H18FN3O2S/c1-12-5-3-4-6-16(12)25-11-17-21-19(23-22-17)26-13(2)18(24)14-7-9-15(20)10-8-14/h3-10,13H,11H2,1-2H3,(H,21,22,23)/t13-/m1/s1. The zero-order chi connectivity index (χ0) is 18.5. The van der Waals surface area contributed by atoms with Crippen LogP contribution < -0.4 is 4.74 Å². The molecular formula is C19H18FN3O2S. The second-order valence-electron chi connectivity index (χ2n) is 5.75. The third-order valence-corrected chi connectivity index (χ3v) is 4.71. The lowest BCUT2D eigenvalue weighted by Crippen LogP contribution is -2.13. The third-order valence-electron chi connectivity index (χ3n) is 3.75. The van der Waals surface area contributed by atoms with E-state index in [2.05, 4.69) is 15.2 Å². The number of ether oxygens (including phenoxy) is 1. The van der Waals surface area contributed by atoms with Crippen LogP contribution in [-0.4, -0.2) is 26.2 Å². The number of hydrogen-bond donors (Lipinski definition) is 1. The van der Waals surface area contributed by atoms with E-state index in [0.29, 0.717) is 16.5 Å². The molecule has 0 saturated carbocycles. The zero-order valence-corrected chi connectivity index (χ0v) is 15.2. The van der Waals surface area contributed by atoms with Gasteiger partial charge < -0.3 is 4.74 Å². The van der Waals surface area contributed by atoms with Gasteiger partial charge in [-0.1, -0.05) is 30.0 Å². The van der Waals surface area contributed by atoms with E-state index in [0.717, 1.165) is 11.3 Å². The van der Waals surface area contributed by atoms with Crippen molar-refractivity contribution in [2.24, 2.45) is 0 Å². The molecule has 7 heteroatoms. The molecule has 1 aromatic heterocycles. The summed E-state index contributed by atoms with van der Waals surface area (Å²) in [7, 11) is 0. The maximum atomic E-state index is 13.0. The number of halogens is 1. The van der Waals surface area contributed by atoms with Crippen LogP contribution in [0, 0.1) is 12.7 Å². The fourth-order valence-electron chi connectivity index (χ4n) is 2.32. The van der Waals surface area contributed by atoms with Gasteiger partial charge >= 0.3 is 0 Å². The summed E-state index contributed by atoms with van der Waals surface area (Å²) in [6.45, 7) is 4.01. The van der Waals surface area contributed by atoms with E-state index < -0.39 is 0 Å². The summed E-state index contributed by atoms with van der Waals surface area (Å²) in [6, 6.07) is 13.2. The minimum absolute atomic E-state index is 0.0995. The summed E-state index contributed by atoms with van der Waals surface area (Å²) in [6.07, 6.45) is 0. The first kappa shape index (κ1) is 18.1. The van der Waals surface area contributed by atoms with Crippen LogP contribution in [0.2, 0.25) is 0 Å². The van der Waals surface area contributed by atoms with Gasteiger partial charge in [0.25, 0.3) is 0 Å². The van der Waals surface area contributed by atoms with Crippen LogP contribution in [-0.2, 0) is 6.61 Å². The van der Waals surface area contributed by atoms with Crippen LogP contribution in [0.1, 0.15) is 28.7 Å². The van der Waals surface area contributed by atoms with Gasteiger partial charge in [-0.25, -0.2) is 9.37 Å². The first-order valence-corrected chi connectivity index (χ1v) is 8.97.